The van der Waals surface area contributed by atoms with Crippen molar-refractivity contribution in [3.63, 3.8) is 0 Å². The summed E-state index contributed by atoms with van der Waals surface area (Å²) in [5, 5.41) is 41.1. The normalized spacial score (nSPS) is 17.8. The summed E-state index contributed by atoms with van der Waals surface area (Å²) in [4.78, 5) is 46.6. The number of alkyl halides is 6. The van der Waals surface area contributed by atoms with Crippen LogP contribution in [0.5, 0.6) is 11.5 Å². The maximum Gasteiger partial charge on any atom is 0.498 e. The third-order valence-electron chi connectivity index (χ3n) is 11.8. The Morgan fingerprint density at radius 3 is 1.59 bits per heavy atom. The van der Waals surface area contributed by atoms with Gasteiger partial charge < -0.3 is 49.4 Å². The van der Waals surface area contributed by atoms with Crippen LogP contribution in [-0.4, -0.2) is 136 Å². The quantitative estimate of drug-likeness (QED) is 0.0398. The molecule has 6 aromatic rings. The van der Waals surface area contributed by atoms with Crippen molar-refractivity contribution >= 4 is 82.4 Å². The van der Waals surface area contributed by atoms with E-state index >= 15 is 0 Å². The number of rotatable bonds is 13. The molecule has 28 heteroatoms. The first-order valence-corrected chi connectivity index (χ1v) is 24.8. The number of nitrogens with one attached hydrogen (secondary N) is 2. The van der Waals surface area contributed by atoms with Gasteiger partial charge in [-0.05, 0) is 107 Å². The number of anilines is 4. The van der Waals surface area contributed by atoms with Gasteiger partial charge in [0.15, 0.2) is 5.82 Å². The van der Waals surface area contributed by atoms with Gasteiger partial charge in [-0.1, -0.05) is 11.8 Å². The molecule has 0 bridgehead atoms. The zero-order chi connectivity index (χ0) is 54.1. The van der Waals surface area contributed by atoms with Crippen LogP contribution >= 0.6 is 35.0 Å². The standard InChI is InChI=1S/C23H27BClF2N3O5.C20H17ClF2N6O3.C4H5N3S/c1-21(2)22(3,4)35-24(34-21)18-11-14(12-28-19(18)30-10-9-16(31)13-30)20(32)29-15-5-7-17(8-6-15)33-23(25,26)27;21-20(22,23)32-15-3-1-13(2-4-15)27-19(31)12-9-16(17-24-6-7-26-28-17)18(25-10-12)29-8-5-14(30)11-29;1-8-4-5-2-3-6-7-4/h5-8,11-12,16,31H,9-10,13H2,1-4H3,(H,29,32);1-4,6-7,9-10,14,30H,5,8,11H2,(H,27,31);2-3H,1H3/t16-;14-;/m11./s1. The Balaban J connectivity index is 0.000000191. The summed E-state index contributed by atoms with van der Waals surface area (Å²) in [5.74, 6) is 0.165. The lowest BCUT2D eigenvalue weighted by atomic mass is 9.78. The van der Waals surface area contributed by atoms with Crippen LogP contribution in [0.2, 0.25) is 0 Å². The maximum atomic E-state index is 13.0. The van der Waals surface area contributed by atoms with E-state index in [0.717, 1.165) is 0 Å². The molecule has 3 saturated heterocycles. The predicted molar refractivity (Wildman–Crippen MR) is 272 cm³/mol. The molecule has 3 fully saturated rings. The van der Waals surface area contributed by atoms with Gasteiger partial charge in [0.25, 0.3) is 11.8 Å². The number of amides is 2. The fourth-order valence-corrected chi connectivity index (χ4v) is 7.93. The van der Waals surface area contributed by atoms with Crippen LogP contribution in [0.25, 0.3) is 11.4 Å². The molecular formula is C47H49BCl2F4N12O8S. The van der Waals surface area contributed by atoms with Crippen molar-refractivity contribution in [3.8, 4) is 22.9 Å². The molecular weight excluding hydrogens is 1050 g/mol. The third-order valence-corrected chi connectivity index (χ3v) is 12.5. The van der Waals surface area contributed by atoms with Crippen LogP contribution in [0.1, 0.15) is 61.3 Å². The molecule has 0 aliphatic carbocycles. The van der Waals surface area contributed by atoms with Gasteiger partial charge in [-0.15, -0.1) is 27.8 Å². The van der Waals surface area contributed by atoms with E-state index in [2.05, 4.69) is 60.4 Å². The lowest BCUT2D eigenvalue weighted by molar-refractivity contribution is -0.0972. The largest absolute Gasteiger partial charge is 0.498 e. The molecule has 9 rings (SSSR count). The molecule has 2 aromatic carbocycles. The molecule has 396 valence electrons. The summed E-state index contributed by atoms with van der Waals surface area (Å²) >= 11 is 11.0. The van der Waals surface area contributed by atoms with Crippen LogP contribution < -0.4 is 35.4 Å². The number of β-amino-alcohol motifs (C(OH)–C–C–N with tert-alkyl or cyclic N) is 2. The average molecular weight is 1100 g/mol. The van der Waals surface area contributed by atoms with Crippen molar-refractivity contribution in [2.75, 3.05) is 52.9 Å². The molecule has 2 amide bonds. The Hall–Kier alpha value is -6.55. The number of nitrogens with zero attached hydrogens (tertiary/aromatic N) is 10. The van der Waals surface area contributed by atoms with E-state index in [4.69, 9.17) is 32.5 Å². The number of ether oxygens (including phenoxy) is 2. The van der Waals surface area contributed by atoms with Gasteiger partial charge in [0.1, 0.15) is 23.1 Å². The Morgan fingerprint density at radius 2 is 1.17 bits per heavy atom. The van der Waals surface area contributed by atoms with Gasteiger partial charge >= 0.3 is 18.3 Å². The Morgan fingerprint density at radius 1 is 0.707 bits per heavy atom. The molecule has 0 unspecified atom stereocenters. The second kappa shape index (κ2) is 24.0. The fraction of sp³-hybridized carbons (Fsp3) is 0.362. The van der Waals surface area contributed by atoms with E-state index in [9.17, 15) is 37.4 Å². The highest BCUT2D eigenvalue weighted by Gasteiger charge is 2.53. The smallest absolute Gasteiger partial charge is 0.420 e. The Kier molecular flexibility index (Phi) is 18.0. The van der Waals surface area contributed by atoms with Crippen LogP contribution in [0.4, 0.5) is 40.6 Å². The minimum atomic E-state index is -3.83. The van der Waals surface area contributed by atoms with Gasteiger partial charge in [0.05, 0.1) is 58.7 Å². The molecule has 3 aliphatic rings. The molecule has 4 N–H and O–H groups in total. The fourth-order valence-electron chi connectivity index (χ4n) is 7.46. The number of aromatic nitrogens is 8. The molecule has 0 radical (unpaired) electrons. The Bertz CT molecular complexity index is 2880. The van der Waals surface area contributed by atoms with Crippen molar-refractivity contribution in [2.45, 2.75) is 80.2 Å². The number of benzene rings is 2. The zero-order valence-electron chi connectivity index (χ0n) is 40.7. The first-order chi connectivity index (χ1) is 35.5. The Labute approximate surface area is 442 Å². The van der Waals surface area contributed by atoms with Crippen LogP contribution in [0, 0.1) is 0 Å². The number of carbonyl (C=O) groups excluding carboxylic acids is 2. The van der Waals surface area contributed by atoms with Crippen LogP contribution in [0.15, 0.2) is 103 Å². The molecule has 3 aliphatic heterocycles. The summed E-state index contributed by atoms with van der Waals surface area (Å²) in [6.07, 6.45) is 11.1. The van der Waals surface area contributed by atoms with Gasteiger partial charge in [0.2, 0.25) is 5.16 Å². The van der Waals surface area contributed by atoms with E-state index in [1.807, 2.05) is 43.8 Å². The molecule has 0 saturated carbocycles. The number of pyridine rings is 2. The highest BCUT2D eigenvalue weighted by atomic mass is 35.5. The first-order valence-electron chi connectivity index (χ1n) is 22.8. The third kappa shape index (κ3) is 15.5. The summed E-state index contributed by atoms with van der Waals surface area (Å²) in [5.41, 5.74) is -6.57. The van der Waals surface area contributed by atoms with Crippen LogP contribution in [0.3, 0.4) is 0 Å². The molecule has 20 nitrogen and oxygen atoms in total. The number of hydrogen-bond donors (Lipinski definition) is 4. The second-order valence-corrected chi connectivity index (χ2v) is 19.4. The highest BCUT2D eigenvalue weighted by molar-refractivity contribution is 7.98. The van der Waals surface area contributed by atoms with Crippen molar-refractivity contribution in [2.24, 2.45) is 0 Å². The van der Waals surface area contributed by atoms with Crippen molar-refractivity contribution in [1.29, 1.82) is 0 Å². The molecule has 2 atom stereocenters. The number of halogens is 6. The number of hydrogen-bond acceptors (Lipinski definition) is 19. The number of aliphatic hydroxyl groups is 2. The van der Waals surface area contributed by atoms with Crippen molar-refractivity contribution in [1.82, 2.24) is 40.3 Å². The maximum absolute atomic E-state index is 13.0. The van der Waals surface area contributed by atoms with Crippen LogP contribution in [-0.2, 0) is 9.31 Å². The SMILES string of the molecule is CC1(C)OB(c2cc(C(=O)Nc3ccc(OC(F)(F)Cl)cc3)cnc2N2CC[C@@H](O)C2)OC1(C)C.CSc1nccnn1.O=C(Nc1ccc(OC(F)(F)Cl)cc1)c1cnc(N2CC[C@@H](O)C2)c(-c2nccnn2)c1. The molecule has 0 spiro atoms. The van der Waals surface area contributed by atoms with E-state index in [1.54, 1.807) is 24.5 Å². The molecule has 7 heterocycles. The number of aliphatic hydroxyl groups excluding tert-OH is 2. The lowest BCUT2D eigenvalue weighted by Crippen LogP contribution is -2.41. The minimum Gasteiger partial charge on any atom is -0.420 e. The average Bonchev–Trinajstić information content (AvgIpc) is 4.07. The molecule has 4 aromatic heterocycles. The van der Waals surface area contributed by atoms with E-state index < -0.39 is 53.5 Å². The first kappa shape index (κ1) is 56.2. The topological polar surface area (TPSA) is 245 Å². The van der Waals surface area contributed by atoms with E-state index in [0.29, 0.717) is 78.2 Å². The van der Waals surface area contributed by atoms with Gasteiger partial charge in [-0.2, -0.15) is 10.2 Å². The van der Waals surface area contributed by atoms with Gasteiger partial charge in [-0.25, -0.2) is 19.9 Å². The summed E-state index contributed by atoms with van der Waals surface area (Å²) < 4.78 is 72.0. The summed E-state index contributed by atoms with van der Waals surface area (Å²) in [6.45, 7) is 9.77. The molecule has 75 heavy (non-hydrogen) atoms. The van der Waals surface area contributed by atoms with Gasteiger partial charge in [-0.3, -0.25) is 9.59 Å². The number of thioether (sulfide) groups is 1. The second-order valence-electron chi connectivity index (χ2n) is 17.7. The summed E-state index contributed by atoms with van der Waals surface area (Å²) in [6, 6.07) is 13.9. The van der Waals surface area contributed by atoms with Crippen molar-refractivity contribution < 1.29 is 56.1 Å². The van der Waals surface area contributed by atoms with Crippen molar-refractivity contribution in [3.05, 3.63) is 109 Å². The van der Waals surface area contributed by atoms with Gasteiger partial charge in [0, 0.05) is 84.8 Å². The highest BCUT2D eigenvalue weighted by Crippen LogP contribution is 2.38. The summed E-state index contributed by atoms with van der Waals surface area (Å²) in [7, 11) is -0.762. The minimum absolute atomic E-state index is 0.148. The monoisotopic (exact) mass is 1100 g/mol. The predicted octanol–water partition coefficient (Wildman–Crippen LogP) is 6.89. The van der Waals surface area contributed by atoms with E-state index in [1.165, 1.54) is 85.1 Å². The number of carbonyl (C=O) groups is 2. The van der Waals surface area contributed by atoms with E-state index in [-0.39, 0.29) is 28.5 Å². The lowest BCUT2D eigenvalue weighted by Gasteiger charge is -2.32. The zero-order valence-corrected chi connectivity index (χ0v) is 43.0.